The van der Waals surface area contributed by atoms with Gasteiger partial charge in [0.2, 0.25) is 0 Å². The van der Waals surface area contributed by atoms with E-state index in [0.717, 1.165) is 5.56 Å². The Morgan fingerprint density at radius 2 is 1.92 bits per heavy atom. The van der Waals surface area contributed by atoms with E-state index in [0.29, 0.717) is 16.8 Å². The molecule has 0 aliphatic carbocycles. The van der Waals surface area contributed by atoms with Crippen LogP contribution in [0.3, 0.4) is 0 Å². The van der Waals surface area contributed by atoms with Crippen molar-refractivity contribution in [3.8, 4) is 16.9 Å². The third kappa shape index (κ3) is 2.93. The molecule has 0 saturated heterocycles. The normalized spacial score (nSPS) is 10.8. The Labute approximate surface area is 138 Å². The van der Waals surface area contributed by atoms with E-state index in [1.54, 1.807) is 25.2 Å². The Bertz CT molecular complexity index is 964. The molecular weight excluding hydrogens is 307 g/mol. The number of aromatic nitrogens is 2. The smallest absolute Gasteiger partial charge is 0.278 e. The van der Waals surface area contributed by atoms with Crippen LogP contribution in [0.25, 0.3) is 11.1 Å². The van der Waals surface area contributed by atoms with Crippen LogP contribution in [0.2, 0.25) is 0 Å². The molecule has 1 aromatic heterocycles. The van der Waals surface area contributed by atoms with Gasteiger partial charge in [-0.05, 0) is 35.7 Å². The molecule has 0 bridgehead atoms. The zero-order valence-corrected chi connectivity index (χ0v) is 13.5. The number of benzene rings is 2. The molecule has 1 N–H and O–H groups in total. The summed E-state index contributed by atoms with van der Waals surface area (Å²) < 4.78 is 14.6. The monoisotopic (exact) mass is 324 g/mol. The van der Waals surface area contributed by atoms with Gasteiger partial charge in [0.1, 0.15) is 11.5 Å². The van der Waals surface area contributed by atoms with Gasteiger partial charge in [-0.25, -0.2) is 9.07 Å². The molecule has 2 aromatic carbocycles. The molecule has 4 nitrogen and oxygen atoms in total. The maximum atomic E-state index is 13.4. The summed E-state index contributed by atoms with van der Waals surface area (Å²) in [5.41, 5.74) is 2.40. The summed E-state index contributed by atoms with van der Waals surface area (Å²) in [6, 6.07) is 13.5. The second-order valence-corrected chi connectivity index (χ2v) is 5.72. The third-order valence-electron chi connectivity index (χ3n) is 3.96. The predicted octanol–water partition coefficient (Wildman–Crippen LogP) is 3.19. The summed E-state index contributed by atoms with van der Waals surface area (Å²) >= 11 is 0. The number of aromatic hydroxyl groups is 1. The quantitative estimate of drug-likeness (QED) is 0.805. The van der Waals surface area contributed by atoms with Crippen molar-refractivity contribution in [2.75, 3.05) is 0 Å². The van der Waals surface area contributed by atoms with Crippen LogP contribution in [0.5, 0.6) is 5.75 Å². The summed E-state index contributed by atoms with van der Waals surface area (Å²) in [4.78, 5) is 12.5. The van der Waals surface area contributed by atoms with E-state index in [2.05, 4.69) is 5.10 Å². The Morgan fingerprint density at radius 1 is 1.17 bits per heavy atom. The number of rotatable bonds is 3. The second kappa shape index (κ2) is 6.28. The lowest BCUT2D eigenvalue weighted by Gasteiger charge is -2.13. The minimum atomic E-state index is -0.371. The molecule has 1 heterocycles. The lowest BCUT2D eigenvalue weighted by molar-refractivity contribution is 0.458. The molecule has 0 unspecified atom stereocenters. The molecule has 0 radical (unpaired) electrons. The number of hydrogen-bond acceptors (Lipinski definition) is 3. The van der Waals surface area contributed by atoms with Gasteiger partial charge < -0.3 is 5.11 Å². The zero-order chi connectivity index (χ0) is 17.3. The Hall–Kier alpha value is -2.95. The second-order valence-electron chi connectivity index (χ2n) is 5.72. The third-order valence-corrected chi connectivity index (χ3v) is 3.96. The fourth-order valence-electron chi connectivity index (χ4n) is 2.74. The highest BCUT2D eigenvalue weighted by Gasteiger charge is 2.18. The molecule has 3 rings (SSSR count). The van der Waals surface area contributed by atoms with Crippen LogP contribution in [0.1, 0.15) is 16.8 Å². The number of nitrogens with zero attached hydrogens (tertiary/aromatic N) is 2. The van der Waals surface area contributed by atoms with Crippen LogP contribution in [0, 0.1) is 12.7 Å². The van der Waals surface area contributed by atoms with E-state index in [1.807, 2.05) is 25.1 Å². The summed E-state index contributed by atoms with van der Waals surface area (Å²) in [6.07, 6.45) is 0.233. The molecule has 0 aliphatic heterocycles. The van der Waals surface area contributed by atoms with Crippen molar-refractivity contribution in [2.45, 2.75) is 13.3 Å². The van der Waals surface area contributed by atoms with E-state index >= 15 is 0 Å². The highest BCUT2D eigenvalue weighted by atomic mass is 19.1. The van der Waals surface area contributed by atoms with Gasteiger partial charge in [0.05, 0.1) is 5.56 Å². The van der Waals surface area contributed by atoms with E-state index in [4.69, 9.17) is 0 Å². The number of aryl methyl sites for hydroxylation is 2. The highest BCUT2D eigenvalue weighted by Crippen LogP contribution is 2.31. The van der Waals surface area contributed by atoms with Crippen LogP contribution >= 0.6 is 0 Å². The Kier molecular flexibility index (Phi) is 4.16. The van der Waals surface area contributed by atoms with Gasteiger partial charge in [0, 0.05) is 13.5 Å². The van der Waals surface area contributed by atoms with Crippen LogP contribution in [-0.2, 0) is 13.5 Å². The van der Waals surface area contributed by atoms with E-state index in [1.165, 1.54) is 16.8 Å². The molecule has 24 heavy (non-hydrogen) atoms. The summed E-state index contributed by atoms with van der Waals surface area (Å²) in [6.45, 7) is 1.88. The highest BCUT2D eigenvalue weighted by molar-refractivity contribution is 5.72. The average molecular weight is 324 g/mol. The van der Waals surface area contributed by atoms with Crippen molar-refractivity contribution >= 4 is 0 Å². The standard InChI is InChI=1S/C19H17FN2O2/c1-12-6-3-4-9-15(12)17-18(23)16(21-22(2)19(17)24)11-13-7-5-8-14(20)10-13/h3-10,23H,11H2,1-2H3. The summed E-state index contributed by atoms with van der Waals surface area (Å²) in [7, 11) is 1.54. The molecule has 3 aromatic rings. The fourth-order valence-corrected chi connectivity index (χ4v) is 2.74. The first-order chi connectivity index (χ1) is 11.5. The van der Waals surface area contributed by atoms with Gasteiger partial charge in [-0.1, -0.05) is 36.4 Å². The molecule has 0 aliphatic rings. The van der Waals surface area contributed by atoms with Gasteiger partial charge in [0.15, 0.2) is 5.75 Å². The Morgan fingerprint density at radius 3 is 2.62 bits per heavy atom. The summed E-state index contributed by atoms with van der Waals surface area (Å²) in [5.74, 6) is -0.507. The summed E-state index contributed by atoms with van der Waals surface area (Å²) in [5, 5.41) is 14.8. The average Bonchev–Trinajstić information content (AvgIpc) is 2.54. The van der Waals surface area contributed by atoms with E-state index < -0.39 is 0 Å². The molecule has 0 spiro atoms. The maximum Gasteiger partial charge on any atom is 0.278 e. The molecule has 0 amide bonds. The van der Waals surface area contributed by atoms with Crippen LogP contribution in [0.4, 0.5) is 4.39 Å². The van der Waals surface area contributed by atoms with Gasteiger partial charge in [0.25, 0.3) is 5.56 Å². The van der Waals surface area contributed by atoms with Gasteiger partial charge in [-0.3, -0.25) is 4.79 Å². The minimum Gasteiger partial charge on any atom is -0.505 e. The van der Waals surface area contributed by atoms with Crippen molar-refractivity contribution in [1.82, 2.24) is 9.78 Å². The molecule has 122 valence electrons. The van der Waals surface area contributed by atoms with Crippen molar-refractivity contribution in [3.63, 3.8) is 0 Å². The predicted molar refractivity (Wildman–Crippen MR) is 90.5 cm³/mol. The maximum absolute atomic E-state index is 13.4. The SMILES string of the molecule is Cc1ccccc1-c1c(O)c(Cc2cccc(F)c2)nn(C)c1=O. The van der Waals surface area contributed by atoms with Crippen molar-refractivity contribution < 1.29 is 9.50 Å². The fraction of sp³-hybridized carbons (Fsp3) is 0.158. The topological polar surface area (TPSA) is 55.1 Å². The van der Waals surface area contributed by atoms with Gasteiger partial charge in [-0.15, -0.1) is 0 Å². The van der Waals surface area contributed by atoms with E-state index in [9.17, 15) is 14.3 Å². The van der Waals surface area contributed by atoms with E-state index in [-0.39, 0.29) is 29.1 Å². The van der Waals surface area contributed by atoms with Crippen molar-refractivity contribution in [3.05, 3.63) is 81.5 Å². The van der Waals surface area contributed by atoms with Gasteiger partial charge in [-0.2, -0.15) is 5.10 Å². The molecular formula is C19H17FN2O2. The van der Waals surface area contributed by atoms with Gasteiger partial charge >= 0.3 is 0 Å². The lowest BCUT2D eigenvalue weighted by Crippen LogP contribution is -2.23. The molecule has 0 saturated carbocycles. The minimum absolute atomic E-state index is 0.156. The first-order valence-corrected chi connectivity index (χ1v) is 7.57. The first-order valence-electron chi connectivity index (χ1n) is 7.57. The van der Waals surface area contributed by atoms with Crippen LogP contribution in [-0.4, -0.2) is 14.9 Å². The first kappa shape index (κ1) is 15.9. The largest absolute Gasteiger partial charge is 0.505 e. The molecule has 0 fully saturated rings. The Balaban J connectivity index is 2.16. The molecule has 5 heteroatoms. The molecule has 0 atom stereocenters. The lowest BCUT2D eigenvalue weighted by atomic mass is 9.99. The van der Waals surface area contributed by atoms with Crippen molar-refractivity contribution in [2.24, 2.45) is 7.05 Å². The van der Waals surface area contributed by atoms with Crippen molar-refractivity contribution in [1.29, 1.82) is 0 Å². The van der Waals surface area contributed by atoms with Crippen LogP contribution in [0.15, 0.2) is 53.3 Å². The van der Waals surface area contributed by atoms with Crippen LogP contribution < -0.4 is 5.56 Å². The number of halogens is 1. The zero-order valence-electron chi connectivity index (χ0n) is 13.5. The number of hydrogen-bond donors (Lipinski definition) is 1.